The van der Waals surface area contributed by atoms with Crippen molar-refractivity contribution in [2.45, 2.75) is 0 Å². The van der Waals surface area contributed by atoms with Crippen LogP contribution in [-0.4, -0.2) is 35.0 Å². The molecule has 0 radical (unpaired) electrons. The Balaban J connectivity index is 2.30. The number of β-amino-alcohol motifs (C(OH)–C–C–N with tert-alkyl or cyclic N) is 1. The molecule has 1 aliphatic heterocycles. The van der Waals surface area contributed by atoms with Crippen molar-refractivity contribution in [3.8, 4) is 0 Å². The minimum Gasteiger partial charge on any atom is -0.395 e. The fourth-order valence-corrected chi connectivity index (χ4v) is 2.57. The van der Waals surface area contributed by atoms with Crippen molar-refractivity contribution in [3.63, 3.8) is 0 Å². The van der Waals surface area contributed by atoms with Crippen molar-refractivity contribution in [1.29, 1.82) is 0 Å². The SMILES string of the molecule is O=C1C=C(Nc2cc(Cl)c(Cl)c(Cl)c2Cl)C(=O)N1CCO. The Hall–Kier alpha value is -0.980. The van der Waals surface area contributed by atoms with Crippen molar-refractivity contribution in [2.75, 3.05) is 18.5 Å². The molecule has 0 unspecified atom stereocenters. The molecule has 0 aromatic heterocycles. The van der Waals surface area contributed by atoms with E-state index in [1.165, 1.54) is 6.07 Å². The number of halogens is 4. The van der Waals surface area contributed by atoms with E-state index >= 15 is 0 Å². The van der Waals surface area contributed by atoms with Gasteiger partial charge in [0.15, 0.2) is 0 Å². The Kier molecular flexibility index (Phi) is 5.01. The van der Waals surface area contributed by atoms with Crippen molar-refractivity contribution < 1.29 is 14.7 Å². The molecule has 0 fully saturated rings. The maximum Gasteiger partial charge on any atom is 0.277 e. The highest BCUT2D eigenvalue weighted by Crippen LogP contribution is 2.41. The Morgan fingerprint density at radius 3 is 2.38 bits per heavy atom. The predicted molar refractivity (Wildman–Crippen MR) is 82.0 cm³/mol. The van der Waals surface area contributed by atoms with Crippen LogP contribution < -0.4 is 5.32 Å². The number of hydrogen-bond donors (Lipinski definition) is 2. The van der Waals surface area contributed by atoms with Gasteiger partial charge >= 0.3 is 0 Å². The second kappa shape index (κ2) is 6.42. The molecule has 0 bridgehead atoms. The fraction of sp³-hybridized carbons (Fsp3) is 0.167. The van der Waals surface area contributed by atoms with Gasteiger partial charge in [-0.25, -0.2) is 0 Å². The van der Waals surface area contributed by atoms with Gasteiger partial charge in [0, 0.05) is 6.08 Å². The number of aliphatic hydroxyl groups excluding tert-OH is 1. The molecule has 1 heterocycles. The van der Waals surface area contributed by atoms with Gasteiger partial charge in [-0.1, -0.05) is 46.4 Å². The zero-order chi connectivity index (χ0) is 15.7. The number of nitrogens with zero attached hydrogens (tertiary/aromatic N) is 1. The number of rotatable bonds is 4. The van der Waals surface area contributed by atoms with Crippen LogP contribution in [0.5, 0.6) is 0 Å². The van der Waals surface area contributed by atoms with Crippen LogP contribution in [0.25, 0.3) is 0 Å². The zero-order valence-corrected chi connectivity index (χ0v) is 13.3. The van der Waals surface area contributed by atoms with E-state index in [1.807, 2.05) is 0 Å². The number of benzene rings is 1. The van der Waals surface area contributed by atoms with E-state index in [2.05, 4.69) is 5.32 Å². The van der Waals surface area contributed by atoms with Crippen molar-refractivity contribution in [3.05, 3.63) is 37.9 Å². The molecule has 1 aliphatic rings. The number of aliphatic hydroxyl groups is 1. The highest BCUT2D eigenvalue weighted by molar-refractivity contribution is 6.52. The van der Waals surface area contributed by atoms with Gasteiger partial charge in [-0.15, -0.1) is 0 Å². The molecule has 0 saturated carbocycles. The molecule has 2 N–H and O–H groups in total. The molecule has 21 heavy (non-hydrogen) atoms. The van der Waals surface area contributed by atoms with Gasteiger partial charge in [0.25, 0.3) is 11.8 Å². The summed E-state index contributed by atoms with van der Waals surface area (Å²) in [6, 6.07) is 1.39. The van der Waals surface area contributed by atoms with Gasteiger partial charge in [-0.3, -0.25) is 14.5 Å². The molecule has 2 amide bonds. The Morgan fingerprint density at radius 2 is 1.76 bits per heavy atom. The summed E-state index contributed by atoms with van der Waals surface area (Å²) in [5.74, 6) is -1.11. The number of nitrogens with one attached hydrogen (secondary N) is 1. The quantitative estimate of drug-likeness (QED) is 0.486. The topological polar surface area (TPSA) is 69.6 Å². The molecule has 112 valence electrons. The van der Waals surface area contributed by atoms with Gasteiger partial charge in [0.1, 0.15) is 5.70 Å². The van der Waals surface area contributed by atoms with Crippen LogP contribution >= 0.6 is 46.4 Å². The molecule has 0 spiro atoms. The van der Waals surface area contributed by atoms with E-state index in [4.69, 9.17) is 51.5 Å². The van der Waals surface area contributed by atoms with Crippen molar-refractivity contribution in [2.24, 2.45) is 0 Å². The standard InChI is InChI=1S/C12H8Cl4N2O3/c13-5-3-6(10(15)11(16)9(5)14)17-7-4-8(20)18(1-2-19)12(7)21/h3-4,17,19H,1-2H2. The second-order valence-corrected chi connectivity index (χ2v) is 5.59. The lowest BCUT2D eigenvalue weighted by Gasteiger charge is -2.14. The van der Waals surface area contributed by atoms with E-state index in [1.54, 1.807) is 0 Å². The molecular formula is C12H8Cl4N2O3. The van der Waals surface area contributed by atoms with E-state index in [9.17, 15) is 9.59 Å². The first-order chi connectivity index (χ1) is 9.86. The molecule has 0 saturated heterocycles. The van der Waals surface area contributed by atoms with E-state index < -0.39 is 11.8 Å². The van der Waals surface area contributed by atoms with Crippen molar-refractivity contribution in [1.82, 2.24) is 4.90 Å². The summed E-state index contributed by atoms with van der Waals surface area (Å²) in [5, 5.41) is 11.9. The first kappa shape index (κ1) is 16.4. The third-order valence-corrected chi connectivity index (χ3v) is 4.46. The average molecular weight is 370 g/mol. The van der Waals surface area contributed by atoms with Crippen LogP contribution in [0.3, 0.4) is 0 Å². The number of hydrogen-bond acceptors (Lipinski definition) is 4. The first-order valence-corrected chi connectivity index (χ1v) is 7.16. The summed E-state index contributed by atoms with van der Waals surface area (Å²) in [6.07, 6.45) is 1.10. The van der Waals surface area contributed by atoms with Gasteiger partial charge in [0.05, 0.1) is 38.9 Å². The summed E-state index contributed by atoms with van der Waals surface area (Å²) in [6.45, 7) is -0.410. The lowest BCUT2D eigenvalue weighted by Crippen LogP contribution is -2.34. The number of carbonyl (C=O) groups excluding carboxylic acids is 2. The van der Waals surface area contributed by atoms with E-state index in [0.29, 0.717) is 0 Å². The van der Waals surface area contributed by atoms with Crippen LogP contribution in [0.4, 0.5) is 5.69 Å². The first-order valence-electron chi connectivity index (χ1n) is 5.65. The summed E-state index contributed by atoms with van der Waals surface area (Å²) in [5.41, 5.74) is 0.249. The minimum atomic E-state index is -0.577. The van der Waals surface area contributed by atoms with Gasteiger partial charge < -0.3 is 10.4 Å². The summed E-state index contributed by atoms with van der Waals surface area (Å²) >= 11 is 23.7. The highest BCUT2D eigenvalue weighted by atomic mass is 35.5. The molecule has 0 aliphatic carbocycles. The maximum atomic E-state index is 12.0. The monoisotopic (exact) mass is 368 g/mol. The van der Waals surface area contributed by atoms with Crippen LogP contribution in [-0.2, 0) is 9.59 Å². The number of amides is 2. The third-order valence-electron chi connectivity index (χ3n) is 2.70. The Morgan fingerprint density at radius 1 is 1.10 bits per heavy atom. The molecule has 1 aromatic rings. The fourth-order valence-electron chi connectivity index (χ4n) is 1.72. The van der Waals surface area contributed by atoms with Gasteiger partial charge in [-0.2, -0.15) is 0 Å². The summed E-state index contributed by atoms with van der Waals surface area (Å²) < 4.78 is 0. The number of carbonyl (C=O) groups is 2. The zero-order valence-electron chi connectivity index (χ0n) is 10.3. The molecule has 9 heteroatoms. The second-order valence-electron chi connectivity index (χ2n) is 4.05. The number of imide groups is 1. The Labute approximate surface area is 140 Å². The van der Waals surface area contributed by atoms with Crippen molar-refractivity contribution >= 4 is 63.9 Å². The van der Waals surface area contributed by atoms with Crippen LogP contribution in [0.15, 0.2) is 17.8 Å². The van der Waals surface area contributed by atoms with E-state index in [0.717, 1.165) is 11.0 Å². The molecular weight excluding hydrogens is 362 g/mol. The average Bonchev–Trinajstić information content (AvgIpc) is 2.70. The summed E-state index contributed by atoms with van der Waals surface area (Å²) in [4.78, 5) is 24.5. The van der Waals surface area contributed by atoms with E-state index in [-0.39, 0.29) is 44.6 Å². The van der Waals surface area contributed by atoms with Gasteiger partial charge in [0.2, 0.25) is 0 Å². The highest BCUT2D eigenvalue weighted by Gasteiger charge is 2.31. The molecule has 5 nitrogen and oxygen atoms in total. The molecule has 0 atom stereocenters. The predicted octanol–water partition coefficient (Wildman–Crippen LogP) is 2.96. The van der Waals surface area contributed by atoms with Crippen LogP contribution in [0.1, 0.15) is 0 Å². The summed E-state index contributed by atoms with van der Waals surface area (Å²) in [7, 11) is 0. The minimum absolute atomic E-state index is 0.00445. The normalized spacial score (nSPS) is 14.7. The Bertz CT molecular complexity index is 660. The smallest absolute Gasteiger partial charge is 0.277 e. The maximum absolute atomic E-state index is 12.0. The third kappa shape index (κ3) is 3.12. The lowest BCUT2D eigenvalue weighted by molar-refractivity contribution is -0.137. The van der Waals surface area contributed by atoms with Crippen LogP contribution in [0.2, 0.25) is 20.1 Å². The largest absolute Gasteiger partial charge is 0.395 e. The van der Waals surface area contributed by atoms with Gasteiger partial charge in [-0.05, 0) is 6.07 Å². The van der Waals surface area contributed by atoms with Crippen LogP contribution in [0, 0.1) is 0 Å². The molecule has 2 rings (SSSR count). The lowest BCUT2D eigenvalue weighted by atomic mass is 10.3. The molecule has 1 aromatic carbocycles. The number of anilines is 1.